The first-order chi connectivity index (χ1) is 9.49. The molecule has 2 aromatic carbocycles. The van der Waals surface area contributed by atoms with Crippen LogP contribution in [-0.2, 0) is 10.8 Å². The van der Waals surface area contributed by atoms with E-state index in [-0.39, 0.29) is 5.78 Å². The van der Waals surface area contributed by atoms with Gasteiger partial charge in [-0.1, -0.05) is 51.8 Å². The van der Waals surface area contributed by atoms with E-state index in [9.17, 15) is 9.00 Å². The van der Waals surface area contributed by atoms with Crippen molar-refractivity contribution in [2.24, 2.45) is 0 Å². The van der Waals surface area contributed by atoms with E-state index < -0.39 is 16.0 Å². The first-order valence-corrected chi connectivity index (χ1v) is 8.26. The molecule has 0 spiro atoms. The van der Waals surface area contributed by atoms with E-state index in [0.29, 0.717) is 10.5 Å². The number of carbonyl (C=O) groups is 1. The van der Waals surface area contributed by atoms with Gasteiger partial charge in [0.25, 0.3) is 0 Å². The van der Waals surface area contributed by atoms with Gasteiger partial charge >= 0.3 is 0 Å². The molecular formula is C16H15BrO2S. The third-order valence-corrected chi connectivity index (χ3v) is 5.12. The van der Waals surface area contributed by atoms with Gasteiger partial charge in [-0.25, -0.2) is 0 Å². The molecule has 4 heteroatoms. The molecule has 0 amide bonds. The van der Waals surface area contributed by atoms with Gasteiger partial charge in [0.05, 0.1) is 16.0 Å². The Bertz CT molecular complexity index is 650. The number of benzene rings is 2. The number of carbonyl (C=O) groups excluding carboxylic acids is 1. The van der Waals surface area contributed by atoms with Crippen LogP contribution >= 0.6 is 15.9 Å². The maximum absolute atomic E-state index is 12.4. The third kappa shape index (κ3) is 3.44. The first-order valence-electron chi connectivity index (χ1n) is 6.26. The van der Waals surface area contributed by atoms with Crippen molar-refractivity contribution in [3.05, 3.63) is 64.1 Å². The van der Waals surface area contributed by atoms with Crippen LogP contribution in [0, 0.1) is 6.92 Å². The molecule has 0 heterocycles. The van der Waals surface area contributed by atoms with Crippen molar-refractivity contribution < 1.29 is 9.00 Å². The lowest BCUT2D eigenvalue weighted by molar-refractivity contribution is 0.0992. The summed E-state index contributed by atoms with van der Waals surface area (Å²) in [7, 11) is -1.35. The highest BCUT2D eigenvalue weighted by Gasteiger charge is 2.22. The number of rotatable bonds is 4. The minimum Gasteiger partial charge on any atom is -0.293 e. The SMILES string of the molecule is Cc1ccc(C(=O)C(C)S(=O)c2cccc(Br)c2)cc1. The van der Waals surface area contributed by atoms with Crippen LogP contribution in [0.1, 0.15) is 22.8 Å². The highest BCUT2D eigenvalue weighted by atomic mass is 79.9. The van der Waals surface area contributed by atoms with E-state index in [1.54, 1.807) is 31.2 Å². The molecule has 0 bridgehead atoms. The number of aryl methyl sites for hydroxylation is 1. The predicted octanol–water partition coefficient (Wildman–Crippen LogP) is 4.14. The molecule has 0 saturated carbocycles. The van der Waals surface area contributed by atoms with Crippen LogP contribution in [0.3, 0.4) is 0 Å². The van der Waals surface area contributed by atoms with Gasteiger partial charge < -0.3 is 0 Å². The van der Waals surface area contributed by atoms with E-state index in [2.05, 4.69) is 15.9 Å². The Hall–Kier alpha value is -1.26. The molecule has 2 atom stereocenters. The minimum absolute atomic E-state index is 0.0942. The van der Waals surface area contributed by atoms with Crippen LogP contribution < -0.4 is 0 Å². The molecule has 0 aliphatic carbocycles. The van der Waals surface area contributed by atoms with Crippen molar-refractivity contribution in [1.29, 1.82) is 0 Å². The first kappa shape index (κ1) is 15.1. The van der Waals surface area contributed by atoms with Crippen LogP contribution in [0.25, 0.3) is 0 Å². The van der Waals surface area contributed by atoms with Gasteiger partial charge in [0, 0.05) is 14.9 Å². The Morgan fingerprint density at radius 3 is 2.40 bits per heavy atom. The fraction of sp³-hybridized carbons (Fsp3) is 0.188. The molecular weight excluding hydrogens is 336 g/mol. The highest BCUT2D eigenvalue weighted by molar-refractivity contribution is 9.10. The molecule has 20 heavy (non-hydrogen) atoms. The smallest absolute Gasteiger partial charge is 0.178 e. The summed E-state index contributed by atoms with van der Waals surface area (Å²) in [5.74, 6) is -0.0942. The molecule has 0 aromatic heterocycles. The molecule has 2 nitrogen and oxygen atoms in total. The minimum atomic E-state index is -1.35. The van der Waals surface area contributed by atoms with Gasteiger partial charge in [-0.3, -0.25) is 9.00 Å². The maximum atomic E-state index is 12.4. The standard InChI is InChI=1S/C16H15BrO2S/c1-11-6-8-13(9-7-11)16(18)12(2)20(19)15-5-3-4-14(17)10-15/h3-10,12H,1-2H3. The molecule has 0 saturated heterocycles. The average Bonchev–Trinajstić information content (AvgIpc) is 2.46. The predicted molar refractivity (Wildman–Crippen MR) is 85.5 cm³/mol. The Morgan fingerprint density at radius 1 is 1.15 bits per heavy atom. The Morgan fingerprint density at radius 2 is 1.80 bits per heavy atom. The number of ketones is 1. The number of hydrogen-bond acceptors (Lipinski definition) is 2. The van der Waals surface area contributed by atoms with E-state index in [1.165, 1.54) is 0 Å². The molecule has 2 rings (SSSR count). The van der Waals surface area contributed by atoms with Crippen molar-refractivity contribution in [2.75, 3.05) is 0 Å². The van der Waals surface area contributed by atoms with Crippen molar-refractivity contribution in [2.45, 2.75) is 24.0 Å². The second-order valence-electron chi connectivity index (χ2n) is 4.63. The fourth-order valence-electron chi connectivity index (χ4n) is 1.85. The van der Waals surface area contributed by atoms with Gasteiger partial charge in [0.15, 0.2) is 5.78 Å². The number of halogens is 1. The lowest BCUT2D eigenvalue weighted by atomic mass is 10.1. The summed E-state index contributed by atoms with van der Waals surface area (Å²) < 4.78 is 13.3. The van der Waals surface area contributed by atoms with Gasteiger partial charge in [0.2, 0.25) is 0 Å². The van der Waals surface area contributed by atoms with Crippen molar-refractivity contribution in [3.8, 4) is 0 Å². The third-order valence-electron chi connectivity index (χ3n) is 3.05. The maximum Gasteiger partial charge on any atom is 0.178 e. The molecule has 0 aliphatic rings. The zero-order chi connectivity index (χ0) is 14.7. The van der Waals surface area contributed by atoms with Crippen LogP contribution in [-0.4, -0.2) is 15.2 Å². The topological polar surface area (TPSA) is 34.1 Å². The molecule has 0 fully saturated rings. The average molecular weight is 351 g/mol. The molecule has 0 radical (unpaired) electrons. The van der Waals surface area contributed by atoms with E-state index in [4.69, 9.17) is 0 Å². The normalized spacial score (nSPS) is 13.8. The summed E-state index contributed by atoms with van der Waals surface area (Å²) >= 11 is 3.35. The van der Waals surface area contributed by atoms with Gasteiger partial charge in [0.1, 0.15) is 0 Å². The lowest BCUT2D eigenvalue weighted by Gasteiger charge is -2.11. The van der Waals surface area contributed by atoms with Crippen molar-refractivity contribution >= 4 is 32.5 Å². The number of Topliss-reactive ketones (excluding diaryl/α,β-unsaturated/α-hetero) is 1. The van der Waals surface area contributed by atoms with Gasteiger partial charge in [-0.05, 0) is 32.0 Å². The largest absolute Gasteiger partial charge is 0.293 e. The number of hydrogen-bond donors (Lipinski definition) is 0. The van der Waals surface area contributed by atoms with Crippen molar-refractivity contribution in [3.63, 3.8) is 0 Å². The second-order valence-corrected chi connectivity index (χ2v) is 7.32. The summed E-state index contributed by atoms with van der Waals surface area (Å²) in [6.45, 7) is 3.68. The summed E-state index contributed by atoms with van der Waals surface area (Å²) in [6, 6.07) is 14.6. The Balaban J connectivity index is 2.22. The zero-order valence-electron chi connectivity index (χ0n) is 11.3. The monoisotopic (exact) mass is 350 g/mol. The van der Waals surface area contributed by atoms with Crippen LogP contribution in [0.4, 0.5) is 0 Å². The Kier molecular flexibility index (Phi) is 4.89. The quantitative estimate of drug-likeness (QED) is 0.776. The van der Waals surface area contributed by atoms with Gasteiger partial charge in [-0.2, -0.15) is 0 Å². The molecule has 0 N–H and O–H groups in total. The lowest BCUT2D eigenvalue weighted by Crippen LogP contribution is -2.22. The summed E-state index contributed by atoms with van der Waals surface area (Å²) in [5.41, 5.74) is 1.70. The summed E-state index contributed by atoms with van der Waals surface area (Å²) in [5, 5.41) is -0.563. The zero-order valence-corrected chi connectivity index (χ0v) is 13.7. The Labute approximate surface area is 129 Å². The molecule has 2 unspecified atom stereocenters. The fourth-order valence-corrected chi connectivity index (χ4v) is 3.59. The van der Waals surface area contributed by atoms with E-state index in [1.807, 2.05) is 31.2 Å². The second kappa shape index (κ2) is 6.46. The van der Waals surface area contributed by atoms with Gasteiger partial charge in [-0.15, -0.1) is 0 Å². The van der Waals surface area contributed by atoms with Crippen LogP contribution in [0.5, 0.6) is 0 Å². The summed E-state index contributed by atoms with van der Waals surface area (Å²) in [6.07, 6.45) is 0. The van der Waals surface area contributed by atoms with Crippen LogP contribution in [0.15, 0.2) is 57.9 Å². The molecule has 2 aromatic rings. The van der Waals surface area contributed by atoms with Crippen molar-refractivity contribution in [1.82, 2.24) is 0 Å². The van der Waals surface area contributed by atoms with E-state index in [0.717, 1.165) is 10.0 Å². The van der Waals surface area contributed by atoms with E-state index >= 15 is 0 Å². The van der Waals surface area contributed by atoms with Crippen LogP contribution in [0.2, 0.25) is 0 Å². The molecule has 0 aliphatic heterocycles. The molecule has 104 valence electrons. The summed E-state index contributed by atoms with van der Waals surface area (Å²) in [4.78, 5) is 13.0. The highest BCUT2D eigenvalue weighted by Crippen LogP contribution is 2.19.